The van der Waals surface area contributed by atoms with Crippen LogP contribution in [0.15, 0.2) is 79.1 Å². The first-order chi connectivity index (χ1) is 9.92. The van der Waals surface area contributed by atoms with Crippen molar-refractivity contribution in [2.45, 2.75) is 0 Å². The molecule has 20 heavy (non-hydrogen) atoms. The second-order valence-electron chi connectivity index (χ2n) is 4.60. The third kappa shape index (κ3) is 3.01. The molecule has 0 bridgehead atoms. The van der Waals surface area contributed by atoms with Crippen LogP contribution in [0, 0.1) is 0 Å². The lowest BCUT2D eigenvalue weighted by Crippen LogP contribution is -1.79. The van der Waals surface area contributed by atoms with Crippen molar-refractivity contribution in [3.8, 4) is 11.1 Å². The molecule has 0 amide bonds. The number of benzene rings is 2. The third-order valence-corrected chi connectivity index (χ3v) is 3.19. The van der Waals surface area contributed by atoms with Gasteiger partial charge in [0.2, 0.25) is 0 Å². The van der Waals surface area contributed by atoms with E-state index in [0.29, 0.717) is 0 Å². The van der Waals surface area contributed by atoms with Gasteiger partial charge >= 0.3 is 0 Å². The molecule has 1 heterocycles. The zero-order valence-electron chi connectivity index (χ0n) is 11.1. The van der Waals surface area contributed by atoms with Crippen LogP contribution in [-0.4, -0.2) is 4.98 Å². The van der Waals surface area contributed by atoms with E-state index in [0.717, 1.165) is 0 Å². The van der Waals surface area contributed by atoms with Gasteiger partial charge < -0.3 is 0 Å². The Bertz CT molecular complexity index is 683. The van der Waals surface area contributed by atoms with Crippen molar-refractivity contribution >= 4 is 12.2 Å². The van der Waals surface area contributed by atoms with Crippen LogP contribution in [-0.2, 0) is 0 Å². The molecule has 2 aromatic carbocycles. The number of nitrogens with zero attached hydrogens (tertiary/aromatic N) is 1. The SMILES string of the molecule is C(=Cc1ccc(-c2ccncc2)cc1)c1ccccc1. The van der Waals surface area contributed by atoms with Gasteiger partial charge in [-0.05, 0) is 34.4 Å². The zero-order valence-corrected chi connectivity index (χ0v) is 11.1. The normalized spacial score (nSPS) is 10.8. The van der Waals surface area contributed by atoms with Crippen LogP contribution >= 0.6 is 0 Å². The fraction of sp³-hybridized carbons (Fsp3) is 0. The lowest BCUT2D eigenvalue weighted by atomic mass is 10.0. The standard InChI is InChI=1S/C19H15N/c1-2-4-16(5-3-1)6-7-17-8-10-18(11-9-17)19-12-14-20-15-13-19/h1-15H. The van der Waals surface area contributed by atoms with Gasteiger partial charge in [-0.1, -0.05) is 66.7 Å². The van der Waals surface area contributed by atoms with Crippen molar-refractivity contribution in [2.75, 3.05) is 0 Å². The molecule has 0 aliphatic rings. The molecule has 0 spiro atoms. The zero-order chi connectivity index (χ0) is 13.6. The molecule has 0 saturated carbocycles. The molecule has 0 aliphatic heterocycles. The van der Waals surface area contributed by atoms with E-state index in [-0.39, 0.29) is 0 Å². The molecule has 1 aromatic heterocycles. The number of pyridine rings is 1. The minimum absolute atomic E-state index is 1.19. The van der Waals surface area contributed by atoms with Crippen LogP contribution in [0.1, 0.15) is 11.1 Å². The summed E-state index contributed by atoms with van der Waals surface area (Å²) < 4.78 is 0. The van der Waals surface area contributed by atoms with E-state index in [2.05, 4.69) is 53.5 Å². The highest BCUT2D eigenvalue weighted by Crippen LogP contribution is 2.19. The summed E-state index contributed by atoms with van der Waals surface area (Å²) in [6.45, 7) is 0. The van der Waals surface area contributed by atoms with E-state index in [4.69, 9.17) is 0 Å². The summed E-state index contributed by atoms with van der Waals surface area (Å²) in [5.41, 5.74) is 4.82. The summed E-state index contributed by atoms with van der Waals surface area (Å²) in [6.07, 6.45) is 7.89. The summed E-state index contributed by atoms with van der Waals surface area (Å²) in [4.78, 5) is 4.04. The van der Waals surface area contributed by atoms with Crippen LogP contribution in [0.2, 0.25) is 0 Å². The monoisotopic (exact) mass is 257 g/mol. The predicted molar refractivity (Wildman–Crippen MR) is 85.0 cm³/mol. The molecular weight excluding hydrogens is 242 g/mol. The van der Waals surface area contributed by atoms with Gasteiger partial charge in [-0.3, -0.25) is 4.98 Å². The Labute approximate surface area is 119 Å². The highest BCUT2D eigenvalue weighted by atomic mass is 14.6. The minimum atomic E-state index is 1.19. The van der Waals surface area contributed by atoms with Crippen molar-refractivity contribution in [1.82, 2.24) is 4.98 Å². The van der Waals surface area contributed by atoms with E-state index in [9.17, 15) is 0 Å². The average molecular weight is 257 g/mol. The maximum absolute atomic E-state index is 4.04. The average Bonchev–Trinajstić information content (AvgIpc) is 2.55. The van der Waals surface area contributed by atoms with Gasteiger partial charge in [-0.2, -0.15) is 0 Å². The van der Waals surface area contributed by atoms with Gasteiger partial charge in [-0.15, -0.1) is 0 Å². The van der Waals surface area contributed by atoms with Crippen molar-refractivity contribution < 1.29 is 0 Å². The largest absolute Gasteiger partial charge is 0.265 e. The molecule has 1 nitrogen and oxygen atoms in total. The Morgan fingerprint density at radius 1 is 0.550 bits per heavy atom. The molecule has 96 valence electrons. The van der Waals surface area contributed by atoms with E-state index >= 15 is 0 Å². The first kappa shape index (κ1) is 12.4. The summed E-state index contributed by atoms with van der Waals surface area (Å²) >= 11 is 0. The Morgan fingerprint density at radius 3 is 1.75 bits per heavy atom. The second-order valence-corrected chi connectivity index (χ2v) is 4.60. The van der Waals surface area contributed by atoms with Crippen LogP contribution in [0.25, 0.3) is 23.3 Å². The number of aromatic nitrogens is 1. The maximum atomic E-state index is 4.04. The van der Waals surface area contributed by atoms with Gasteiger partial charge in [0.05, 0.1) is 0 Å². The summed E-state index contributed by atoms with van der Waals surface area (Å²) in [6, 6.07) is 22.9. The maximum Gasteiger partial charge on any atom is 0.0273 e. The molecule has 0 aliphatic carbocycles. The Morgan fingerprint density at radius 2 is 1.10 bits per heavy atom. The molecule has 0 fully saturated rings. The lowest BCUT2D eigenvalue weighted by Gasteiger charge is -2.01. The molecule has 0 atom stereocenters. The fourth-order valence-electron chi connectivity index (χ4n) is 2.09. The molecule has 0 saturated heterocycles. The second kappa shape index (κ2) is 5.98. The van der Waals surface area contributed by atoms with Gasteiger partial charge in [0.25, 0.3) is 0 Å². The number of hydrogen-bond acceptors (Lipinski definition) is 1. The van der Waals surface area contributed by atoms with Gasteiger partial charge in [0.15, 0.2) is 0 Å². The van der Waals surface area contributed by atoms with Crippen molar-refractivity contribution in [3.05, 3.63) is 90.3 Å². The Hall–Kier alpha value is -2.67. The quantitative estimate of drug-likeness (QED) is 0.607. The minimum Gasteiger partial charge on any atom is -0.265 e. The van der Waals surface area contributed by atoms with Crippen LogP contribution in [0.4, 0.5) is 0 Å². The predicted octanol–water partition coefficient (Wildman–Crippen LogP) is 4.92. The molecule has 0 radical (unpaired) electrons. The Kier molecular flexibility index (Phi) is 3.70. The van der Waals surface area contributed by atoms with Crippen LogP contribution < -0.4 is 0 Å². The van der Waals surface area contributed by atoms with Crippen molar-refractivity contribution in [2.24, 2.45) is 0 Å². The van der Waals surface area contributed by atoms with Crippen LogP contribution in [0.5, 0.6) is 0 Å². The molecule has 0 unspecified atom stereocenters. The third-order valence-electron chi connectivity index (χ3n) is 3.19. The van der Waals surface area contributed by atoms with E-state index in [1.165, 1.54) is 22.3 Å². The molecule has 0 N–H and O–H groups in total. The smallest absolute Gasteiger partial charge is 0.0273 e. The van der Waals surface area contributed by atoms with Gasteiger partial charge in [0.1, 0.15) is 0 Å². The highest BCUT2D eigenvalue weighted by Gasteiger charge is 1.95. The highest BCUT2D eigenvalue weighted by molar-refractivity contribution is 5.71. The fourth-order valence-corrected chi connectivity index (χ4v) is 2.09. The molecular formula is C19H15N. The van der Waals surface area contributed by atoms with Crippen LogP contribution in [0.3, 0.4) is 0 Å². The van der Waals surface area contributed by atoms with E-state index in [1.54, 1.807) is 0 Å². The Balaban J connectivity index is 1.79. The van der Waals surface area contributed by atoms with Crippen molar-refractivity contribution in [3.63, 3.8) is 0 Å². The molecule has 3 rings (SSSR count). The first-order valence-electron chi connectivity index (χ1n) is 6.65. The van der Waals surface area contributed by atoms with Gasteiger partial charge in [0, 0.05) is 12.4 Å². The molecule has 3 aromatic rings. The first-order valence-corrected chi connectivity index (χ1v) is 6.65. The number of hydrogen-bond donors (Lipinski definition) is 0. The van der Waals surface area contributed by atoms with E-state index < -0.39 is 0 Å². The lowest BCUT2D eigenvalue weighted by molar-refractivity contribution is 1.33. The van der Waals surface area contributed by atoms with Crippen molar-refractivity contribution in [1.29, 1.82) is 0 Å². The van der Waals surface area contributed by atoms with E-state index in [1.807, 2.05) is 42.7 Å². The summed E-state index contributed by atoms with van der Waals surface area (Å²) in [7, 11) is 0. The number of rotatable bonds is 3. The summed E-state index contributed by atoms with van der Waals surface area (Å²) in [5, 5.41) is 0. The topological polar surface area (TPSA) is 12.9 Å². The molecule has 1 heteroatoms. The summed E-state index contributed by atoms with van der Waals surface area (Å²) in [5.74, 6) is 0. The van der Waals surface area contributed by atoms with Gasteiger partial charge in [-0.25, -0.2) is 0 Å².